The van der Waals surface area contributed by atoms with Crippen molar-refractivity contribution in [1.82, 2.24) is 9.97 Å². The maximum atomic E-state index is 9.80. The van der Waals surface area contributed by atoms with E-state index in [0.717, 1.165) is 46.9 Å². The molecule has 0 saturated carbocycles. The van der Waals surface area contributed by atoms with E-state index >= 15 is 0 Å². The molecule has 1 aliphatic rings. The van der Waals surface area contributed by atoms with Crippen molar-refractivity contribution in [1.29, 1.82) is 5.26 Å². The fourth-order valence-corrected chi connectivity index (χ4v) is 3.78. The molecular formula is C23H24N4O3. The Bertz CT molecular complexity index is 1140. The van der Waals surface area contributed by atoms with Crippen molar-refractivity contribution in [3.63, 3.8) is 0 Å². The van der Waals surface area contributed by atoms with Crippen LogP contribution < -0.4 is 19.1 Å². The number of nitrogens with one attached hydrogen (secondary N) is 1. The molecule has 30 heavy (non-hydrogen) atoms. The Balaban J connectivity index is 1.77. The average molecular weight is 404 g/mol. The predicted octanol–water partition coefficient (Wildman–Crippen LogP) is 4.25. The number of hydrogen-bond donors (Lipinski definition) is 1. The number of rotatable bonds is 6. The summed E-state index contributed by atoms with van der Waals surface area (Å²) in [5, 5.41) is 9.80. The molecule has 0 unspecified atom stereocenters. The van der Waals surface area contributed by atoms with Gasteiger partial charge in [0.1, 0.15) is 29.1 Å². The molecule has 7 nitrogen and oxygen atoms in total. The van der Waals surface area contributed by atoms with Crippen LogP contribution in [0.5, 0.6) is 17.2 Å². The number of H-pyrrole nitrogens is 1. The summed E-state index contributed by atoms with van der Waals surface area (Å²) in [7, 11) is 4.91. The van der Waals surface area contributed by atoms with Gasteiger partial charge in [-0.25, -0.2) is 4.98 Å². The Morgan fingerprint density at radius 3 is 2.50 bits per heavy atom. The molecule has 1 saturated heterocycles. The van der Waals surface area contributed by atoms with Crippen LogP contribution in [0.2, 0.25) is 0 Å². The van der Waals surface area contributed by atoms with Gasteiger partial charge < -0.3 is 24.1 Å². The van der Waals surface area contributed by atoms with Crippen molar-refractivity contribution < 1.29 is 14.2 Å². The third-order valence-corrected chi connectivity index (χ3v) is 5.34. The van der Waals surface area contributed by atoms with Crippen molar-refractivity contribution in [3.8, 4) is 23.3 Å². The summed E-state index contributed by atoms with van der Waals surface area (Å²) in [5.41, 5.74) is 3.74. The number of aromatic nitrogens is 2. The predicted molar refractivity (Wildman–Crippen MR) is 117 cm³/mol. The molecule has 0 amide bonds. The number of imidazole rings is 1. The van der Waals surface area contributed by atoms with E-state index in [1.807, 2.05) is 30.3 Å². The first-order chi connectivity index (χ1) is 14.7. The summed E-state index contributed by atoms with van der Waals surface area (Å²) in [6, 6.07) is 11.7. The van der Waals surface area contributed by atoms with Crippen molar-refractivity contribution in [2.75, 3.05) is 39.3 Å². The van der Waals surface area contributed by atoms with Crippen LogP contribution in [0.15, 0.2) is 30.3 Å². The SMILES string of the molecule is COc1ccc2nc(C(C#N)=Cc3cc(OC)c(N4CCCC4)cc3OC)[nH]c2c1. The van der Waals surface area contributed by atoms with Crippen molar-refractivity contribution in [2.24, 2.45) is 0 Å². The molecule has 1 N–H and O–H groups in total. The second-order valence-electron chi connectivity index (χ2n) is 7.10. The molecule has 0 spiro atoms. The molecule has 1 aliphatic heterocycles. The maximum Gasteiger partial charge on any atom is 0.149 e. The lowest BCUT2D eigenvalue weighted by atomic mass is 10.1. The standard InChI is InChI=1S/C23H24N4O3/c1-28-17-6-7-18-19(12-17)26-23(25-18)16(14-24)10-15-11-22(30-3)20(13-21(15)29-2)27-8-4-5-9-27/h6-7,10-13H,4-5,8-9H2,1-3H3,(H,25,26). The highest BCUT2D eigenvalue weighted by Crippen LogP contribution is 2.38. The van der Waals surface area contributed by atoms with Gasteiger partial charge in [-0.3, -0.25) is 0 Å². The van der Waals surface area contributed by atoms with Crippen LogP contribution in [0.3, 0.4) is 0 Å². The van der Waals surface area contributed by atoms with E-state index in [4.69, 9.17) is 14.2 Å². The summed E-state index contributed by atoms with van der Waals surface area (Å²) in [6.45, 7) is 2.00. The highest BCUT2D eigenvalue weighted by molar-refractivity contribution is 5.92. The number of hydrogen-bond acceptors (Lipinski definition) is 6. The lowest BCUT2D eigenvalue weighted by Crippen LogP contribution is -2.18. The minimum atomic E-state index is 0.402. The number of methoxy groups -OCH3 is 3. The molecule has 4 rings (SSSR count). The molecule has 2 heterocycles. The van der Waals surface area contributed by atoms with E-state index in [2.05, 4.69) is 20.9 Å². The highest BCUT2D eigenvalue weighted by Gasteiger charge is 2.20. The van der Waals surface area contributed by atoms with Gasteiger partial charge in [0.15, 0.2) is 0 Å². The van der Waals surface area contributed by atoms with Crippen LogP contribution in [-0.4, -0.2) is 44.4 Å². The van der Waals surface area contributed by atoms with Gasteiger partial charge in [0.05, 0.1) is 43.6 Å². The number of anilines is 1. The summed E-state index contributed by atoms with van der Waals surface area (Å²) in [4.78, 5) is 10.1. The van der Waals surface area contributed by atoms with Crippen LogP contribution in [0.4, 0.5) is 5.69 Å². The monoisotopic (exact) mass is 404 g/mol. The summed E-state index contributed by atoms with van der Waals surface area (Å²) in [5.74, 6) is 2.66. The molecule has 7 heteroatoms. The van der Waals surface area contributed by atoms with Gasteiger partial charge in [-0.15, -0.1) is 0 Å². The number of ether oxygens (including phenoxy) is 3. The van der Waals surface area contributed by atoms with E-state index in [1.54, 1.807) is 27.4 Å². The number of fused-ring (bicyclic) bond motifs is 1. The number of nitriles is 1. The maximum absolute atomic E-state index is 9.80. The fraction of sp³-hybridized carbons (Fsp3) is 0.304. The first-order valence-corrected chi connectivity index (χ1v) is 9.83. The lowest BCUT2D eigenvalue weighted by molar-refractivity contribution is 0.402. The molecular weight excluding hydrogens is 380 g/mol. The van der Waals surface area contributed by atoms with Gasteiger partial charge in [0.25, 0.3) is 0 Å². The van der Waals surface area contributed by atoms with Gasteiger partial charge in [-0.1, -0.05) is 0 Å². The molecule has 154 valence electrons. The zero-order valence-electron chi connectivity index (χ0n) is 17.4. The first-order valence-electron chi connectivity index (χ1n) is 9.83. The Hall–Kier alpha value is -3.66. The normalized spacial score (nSPS) is 14.1. The molecule has 1 aromatic heterocycles. The minimum absolute atomic E-state index is 0.402. The number of aromatic amines is 1. The van der Waals surface area contributed by atoms with Crippen LogP contribution in [0, 0.1) is 11.3 Å². The average Bonchev–Trinajstić information content (AvgIpc) is 3.46. The third kappa shape index (κ3) is 3.64. The zero-order chi connectivity index (χ0) is 21.1. The number of allylic oxidation sites excluding steroid dienone is 1. The molecule has 0 atom stereocenters. The van der Waals surface area contributed by atoms with E-state index in [9.17, 15) is 5.26 Å². The van der Waals surface area contributed by atoms with Crippen LogP contribution in [0.1, 0.15) is 24.2 Å². The zero-order valence-corrected chi connectivity index (χ0v) is 17.4. The van der Waals surface area contributed by atoms with Gasteiger partial charge in [-0.05, 0) is 37.1 Å². The van der Waals surface area contributed by atoms with Crippen LogP contribution in [0.25, 0.3) is 22.7 Å². The minimum Gasteiger partial charge on any atom is -0.497 e. The number of benzene rings is 2. The van der Waals surface area contributed by atoms with Gasteiger partial charge >= 0.3 is 0 Å². The Labute approximate surface area is 175 Å². The van der Waals surface area contributed by atoms with E-state index in [0.29, 0.717) is 17.1 Å². The van der Waals surface area contributed by atoms with E-state index in [1.165, 1.54) is 12.8 Å². The van der Waals surface area contributed by atoms with E-state index in [-0.39, 0.29) is 0 Å². The Morgan fingerprint density at radius 2 is 1.83 bits per heavy atom. The Morgan fingerprint density at radius 1 is 1.07 bits per heavy atom. The lowest BCUT2D eigenvalue weighted by Gasteiger charge is -2.22. The van der Waals surface area contributed by atoms with Crippen molar-refractivity contribution in [2.45, 2.75) is 12.8 Å². The van der Waals surface area contributed by atoms with Gasteiger partial charge in [-0.2, -0.15) is 5.26 Å². The molecule has 2 aromatic carbocycles. The van der Waals surface area contributed by atoms with Crippen LogP contribution in [-0.2, 0) is 0 Å². The quantitative estimate of drug-likeness (QED) is 0.618. The van der Waals surface area contributed by atoms with Crippen molar-refractivity contribution >= 4 is 28.4 Å². The molecule has 0 aliphatic carbocycles. The highest BCUT2D eigenvalue weighted by atomic mass is 16.5. The Kier molecular flexibility index (Phi) is 5.48. The van der Waals surface area contributed by atoms with Crippen molar-refractivity contribution in [3.05, 3.63) is 41.7 Å². The second-order valence-corrected chi connectivity index (χ2v) is 7.10. The first kappa shape index (κ1) is 19.6. The molecule has 3 aromatic rings. The summed E-state index contributed by atoms with van der Waals surface area (Å²) in [6.07, 6.45) is 4.11. The number of nitrogens with zero attached hydrogens (tertiary/aromatic N) is 3. The fourth-order valence-electron chi connectivity index (χ4n) is 3.78. The van der Waals surface area contributed by atoms with Gasteiger partial charge in [0, 0.05) is 30.8 Å². The topological polar surface area (TPSA) is 83.4 Å². The molecule has 0 bridgehead atoms. The molecule has 0 radical (unpaired) electrons. The third-order valence-electron chi connectivity index (χ3n) is 5.34. The molecule has 1 fully saturated rings. The van der Waals surface area contributed by atoms with Gasteiger partial charge in [0.2, 0.25) is 0 Å². The largest absolute Gasteiger partial charge is 0.497 e. The summed E-state index contributed by atoms with van der Waals surface area (Å²) >= 11 is 0. The summed E-state index contributed by atoms with van der Waals surface area (Å²) < 4.78 is 16.5. The van der Waals surface area contributed by atoms with E-state index < -0.39 is 0 Å². The second kappa shape index (κ2) is 8.37. The van der Waals surface area contributed by atoms with Crippen LogP contribution >= 0.6 is 0 Å². The smallest absolute Gasteiger partial charge is 0.149 e.